The third-order valence-corrected chi connectivity index (χ3v) is 1.71. The monoisotopic (exact) mass is 198 g/mol. The minimum atomic E-state index is -0.402. The smallest absolute Gasteiger partial charge is 0.146 e. The molecule has 0 saturated heterocycles. The maximum Gasteiger partial charge on any atom is 0.146 e. The Morgan fingerprint density at radius 2 is 2.21 bits per heavy atom. The van der Waals surface area contributed by atoms with E-state index in [1.54, 1.807) is 12.1 Å². The summed E-state index contributed by atoms with van der Waals surface area (Å²) in [4.78, 5) is 0. The summed E-state index contributed by atoms with van der Waals surface area (Å²) in [6.07, 6.45) is 0. The summed E-state index contributed by atoms with van der Waals surface area (Å²) in [5.74, 6) is -0.402. The van der Waals surface area contributed by atoms with E-state index in [0.29, 0.717) is 13.2 Å². The fourth-order valence-electron chi connectivity index (χ4n) is 1.05. The fraction of sp³-hybridized carbons (Fsp3) is 0.400. The first kappa shape index (κ1) is 10.9. The molecule has 0 bridgehead atoms. The van der Waals surface area contributed by atoms with Crippen LogP contribution < -0.4 is 11.5 Å². The zero-order valence-electron chi connectivity index (χ0n) is 8.16. The molecular formula is C10H15FN2O. The van der Waals surface area contributed by atoms with Gasteiger partial charge < -0.3 is 16.2 Å². The summed E-state index contributed by atoms with van der Waals surface area (Å²) in [6.45, 7) is 2.75. The van der Waals surface area contributed by atoms with Crippen LogP contribution in [-0.4, -0.2) is 12.6 Å². The zero-order valence-corrected chi connectivity index (χ0v) is 8.16. The number of halogens is 1. The Bertz CT molecular complexity index is 302. The summed E-state index contributed by atoms with van der Waals surface area (Å²) in [7, 11) is 0. The van der Waals surface area contributed by atoms with E-state index in [1.165, 1.54) is 6.07 Å². The molecule has 0 saturated carbocycles. The van der Waals surface area contributed by atoms with Crippen LogP contribution in [-0.2, 0) is 11.3 Å². The van der Waals surface area contributed by atoms with Gasteiger partial charge in [-0.15, -0.1) is 0 Å². The van der Waals surface area contributed by atoms with Gasteiger partial charge in [-0.2, -0.15) is 0 Å². The summed E-state index contributed by atoms with van der Waals surface area (Å²) < 4.78 is 18.0. The molecule has 4 heteroatoms. The van der Waals surface area contributed by atoms with Gasteiger partial charge in [0.15, 0.2) is 0 Å². The average Bonchev–Trinajstić information content (AvgIpc) is 2.10. The summed E-state index contributed by atoms with van der Waals surface area (Å²) in [5.41, 5.74) is 11.9. The predicted octanol–water partition coefficient (Wildman–Crippen LogP) is 1.27. The second-order valence-corrected chi connectivity index (χ2v) is 3.35. The van der Waals surface area contributed by atoms with Crippen LogP contribution in [0, 0.1) is 5.82 Å². The molecular weight excluding hydrogens is 183 g/mol. The largest absolute Gasteiger partial charge is 0.396 e. The number of ether oxygens (including phenoxy) is 1. The van der Waals surface area contributed by atoms with Gasteiger partial charge in [0.1, 0.15) is 5.82 Å². The first-order chi connectivity index (χ1) is 6.59. The molecule has 0 radical (unpaired) electrons. The van der Waals surface area contributed by atoms with Crippen molar-refractivity contribution in [3.05, 3.63) is 29.6 Å². The van der Waals surface area contributed by atoms with E-state index in [0.717, 1.165) is 5.56 Å². The van der Waals surface area contributed by atoms with Crippen LogP contribution >= 0.6 is 0 Å². The summed E-state index contributed by atoms with van der Waals surface area (Å²) in [6, 6.07) is 4.55. The van der Waals surface area contributed by atoms with Crippen molar-refractivity contribution in [3.8, 4) is 0 Å². The SMILES string of the molecule is C[C@@H](N)COCc1ccc(F)c(N)c1. The van der Waals surface area contributed by atoms with Gasteiger partial charge in [0.25, 0.3) is 0 Å². The Hall–Kier alpha value is -1.13. The van der Waals surface area contributed by atoms with Crippen molar-refractivity contribution in [2.45, 2.75) is 19.6 Å². The second kappa shape index (κ2) is 4.93. The molecule has 14 heavy (non-hydrogen) atoms. The maximum absolute atomic E-state index is 12.8. The molecule has 0 aromatic heterocycles. The molecule has 0 heterocycles. The van der Waals surface area contributed by atoms with Gasteiger partial charge >= 0.3 is 0 Å². The molecule has 0 aliphatic heterocycles. The highest BCUT2D eigenvalue weighted by molar-refractivity contribution is 5.42. The third-order valence-electron chi connectivity index (χ3n) is 1.71. The maximum atomic E-state index is 12.8. The van der Waals surface area contributed by atoms with E-state index in [9.17, 15) is 4.39 Å². The van der Waals surface area contributed by atoms with Crippen LogP contribution in [0.2, 0.25) is 0 Å². The Kier molecular flexibility index (Phi) is 3.85. The van der Waals surface area contributed by atoms with Crippen LogP contribution in [0.3, 0.4) is 0 Å². The predicted molar refractivity (Wildman–Crippen MR) is 54.1 cm³/mol. The van der Waals surface area contributed by atoms with Crippen molar-refractivity contribution < 1.29 is 9.13 Å². The highest BCUT2D eigenvalue weighted by Crippen LogP contribution is 2.12. The Morgan fingerprint density at radius 1 is 1.50 bits per heavy atom. The van der Waals surface area contributed by atoms with Crippen molar-refractivity contribution >= 4 is 5.69 Å². The quantitative estimate of drug-likeness (QED) is 0.716. The number of anilines is 1. The standard InChI is InChI=1S/C10H15FN2O/c1-7(12)5-14-6-8-2-3-9(11)10(13)4-8/h2-4,7H,5-6,12-13H2,1H3/t7-/m1/s1. The molecule has 0 unspecified atom stereocenters. The Labute approximate surface area is 82.9 Å². The highest BCUT2D eigenvalue weighted by Gasteiger charge is 2.00. The number of hydrogen-bond donors (Lipinski definition) is 2. The fourth-order valence-corrected chi connectivity index (χ4v) is 1.05. The van der Waals surface area contributed by atoms with E-state index >= 15 is 0 Å². The van der Waals surface area contributed by atoms with Gasteiger partial charge in [0, 0.05) is 6.04 Å². The van der Waals surface area contributed by atoms with E-state index in [1.807, 2.05) is 6.92 Å². The number of rotatable bonds is 4. The summed E-state index contributed by atoms with van der Waals surface area (Å²) in [5, 5.41) is 0. The minimum Gasteiger partial charge on any atom is -0.396 e. The van der Waals surface area contributed by atoms with Gasteiger partial charge in [-0.25, -0.2) is 4.39 Å². The van der Waals surface area contributed by atoms with Crippen molar-refractivity contribution in [2.75, 3.05) is 12.3 Å². The van der Waals surface area contributed by atoms with Gasteiger partial charge in [-0.1, -0.05) is 6.07 Å². The van der Waals surface area contributed by atoms with E-state index in [2.05, 4.69) is 0 Å². The van der Waals surface area contributed by atoms with Gasteiger partial charge in [0.2, 0.25) is 0 Å². The van der Waals surface area contributed by atoms with Crippen LogP contribution in [0.25, 0.3) is 0 Å². The number of nitrogen functional groups attached to an aromatic ring is 1. The lowest BCUT2D eigenvalue weighted by Crippen LogP contribution is -2.21. The molecule has 1 aromatic rings. The Morgan fingerprint density at radius 3 is 2.79 bits per heavy atom. The van der Waals surface area contributed by atoms with Crippen molar-refractivity contribution in [2.24, 2.45) is 5.73 Å². The zero-order chi connectivity index (χ0) is 10.6. The molecule has 0 spiro atoms. The van der Waals surface area contributed by atoms with E-state index in [4.69, 9.17) is 16.2 Å². The van der Waals surface area contributed by atoms with Crippen LogP contribution in [0.4, 0.5) is 10.1 Å². The molecule has 0 amide bonds. The molecule has 78 valence electrons. The van der Waals surface area contributed by atoms with Gasteiger partial charge in [-0.3, -0.25) is 0 Å². The molecule has 3 nitrogen and oxygen atoms in total. The highest BCUT2D eigenvalue weighted by atomic mass is 19.1. The van der Waals surface area contributed by atoms with E-state index in [-0.39, 0.29) is 11.7 Å². The van der Waals surface area contributed by atoms with Gasteiger partial charge in [0.05, 0.1) is 18.9 Å². The average molecular weight is 198 g/mol. The van der Waals surface area contributed by atoms with Crippen LogP contribution in [0.1, 0.15) is 12.5 Å². The summed E-state index contributed by atoms with van der Waals surface area (Å²) >= 11 is 0. The number of nitrogens with two attached hydrogens (primary N) is 2. The number of hydrogen-bond acceptors (Lipinski definition) is 3. The van der Waals surface area contributed by atoms with Gasteiger partial charge in [-0.05, 0) is 24.6 Å². The van der Waals surface area contributed by atoms with Crippen LogP contribution in [0.5, 0.6) is 0 Å². The van der Waals surface area contributed by atoms with Crippen LogP contribution in [0.15, 0.2) is 18.2 Å². The molecule has 0 aliphatic carbocycles. The van der Waals surface area contributed by atoms with Crippen molar-refractivity contribution in [3.63, 3.8) is 0 Å². The van der Waals surface area contributed by atoms with E-state index < -0.39 is 5.82 Å². The Balaban J connectivity index is 2.47. The molecule has 0 aliphatic rings. The molecule has 0 fully saturated rings. The first-order valence-electron chi connectivity index (χ1n) is 4.47. The van der Waals surface area contributed by atoms with Crippen molar-refractivity contribution in [1.82, 2.24) is 0 Å². The molecule has 1 rings (SSSR count). The normalized spacial score (nSPS) is 12.8. The topological polar surface area (TPSA) is 61.3 Å². The molecule has 1 atom stereocenters. The third kappa shape index (κ3) is 3.32. The lowest BCUT2D eigenvalue weighted by molar-refractivity contribution is 0.111. The second-order valence-electron chi connectivity index (χ2n) is 3.35. The number of benzene rings is 1. The minimum absolute atomic E-state index is 0.00722. The molecule has 1 aromatic carbocycles. The molecule has 4 N–H and O–H groups in total. The van der Waals surface area contributed by atoms with Crippen molar-refractivity contribution in [1.29, 1.82) is 0 Å². The lowest BCUT2D eigenvalue weighted by Gasteiger charge is -2.07. The first-order valence-corrected chi connectivity index (χ1v) is 4.47. The lowest BCUT2D eigenvalue weighted by atomic mass is 10.2.